The number of carbonyl (C=O) groups is 1. The lowest BCUT2D eigenvalue weighted by molar-refractivity contribution is -0.124. The number of hydrogen-bond acceptors (Lipinski definition) is 3. The largest absolute Gasteiger partial charge is 0.486 e. The first-order valence-corrected chi connectivity index (χ1v) is 5.73. The minimum absolute atomic E-state index is 0.0159. The summed E-state index contributed by atoms with van der Waals surface area (Å²) in [6.07, 6.45) is 0.733. The molecule has 5 heteroatoms. The molecule has 0 bridgehead atoms. The quantitative estimate of drug-likeness (QED) is 0.832. The molecule has 0 N–H and O–H groups in total. The SMILES string of the molecule is O=C(COc1ccc(Cl)c(F)c1)C1CCOC1. The molecule has 0 amide bonds. The maximum Gasteiger partial charge on any atom is 0.175 e. The highest BCUT2D eigenvalue weighted by Crippen LogP contribution is 2.21. The van der Waals surface area contributed by atoms with Crippen LogP contribution in [0.3, 0.4) is 0 Å². The van der Waals surface area contributed by atoms with Crippen molar-refractivity contribution in [2.45, 2.75) is 6.42 Å². The van der Waals surface area contributed by atoms with Crippen LogP contribution in [0.5, 0.6) is 5.75 Å². The molecule has 1 aliphatic rings. The van der Waals surface area contributed by atoms with Crippen molar-refractivity contribution >= 4 is 17.4 Å². The van der Waals surface area contributed by atoms with Gasteiger partial charge in [-0.15, -0.1) is 0 Å². The van der Waals surface area contributed by atoms with E-state index in [1.165, 1.54) is 18.2 Å². The standard InChI is InChI=1S/C12H12ClFO3/c13-10-2-1-9(5-11(10)14)17-7-12(15)8-3-4-16-6-8/h1-2,5,8H,3-4,6-7H2. The molecule has 0 aromatic heterocycles. The van der Waals surface area contributed by atoms with Crippen LogP contribution in [0.1, 0.15) is 6.42 Å². The summed E-state index contributed by atoms with van der Waals surface area (Å²) in [6, 6.07) is 4.10. The van der Waals surface area contributed by atoms with Crippen molar-refractivity contribution in [2.24, 2.45) is 5.92 Å². The van der Waals surface area contributed by atoms with E-state index in [0.29, 0.717) is 19.0 Å². The summed E-state index contributed by atoms with van der Waals surface area (Å²) in [5.74, 6) is -0.356. The lowest BCUT2D eigenvalue weighted by Crippen LogP contribution is -2.21. The molecular weight excluding hydrogens is 247 g/mol. The lowest BCUT2D eigenvalue weighted by Gasteiger charge is -2.09. The average Bonchev–Trinajstić information content (AvgIpc) is 2.84. The molecule has 1 atom stereocenters. The van der Waals surface area contributed by atoms with E-state index in [-0.39, 0.29) is 23.3 Å². The Morgan fingerprint density at radius 3 is 3.06 bits per heavy atom. The highest BCUT2D eigenvalue weighted by molar-refractivity contribution is 6.30. The van der Waals surface area contributed by atoms with Gasteiger partial charge >= 0.3 is 0 Å². The highest BCUT2D eigenvalue weighted by Gasteiger charge is 2.23. The van der Waals surface area contributed by atoms with Gasteiger partial charge in [-0.3, -0.25) is 4.79 Å². The second-order valence-electron chi connectivity index (χ2n) is 3.89. The van der Waals surface area contributed by atoms with Crippen LogP contribution < -0.4 is 4.74 Å². The fourth-order valence-corrected chi connectivity index (χ4v) is 1.74. The fraction of sp³-hybridized carbons (Fsp3) is 0.417. The first-order chi connectivity index (χ1) is 8.16. The molecule has 1 aromatic carbocycles. The molecular formula is C12H12ClFO3. The van der Waals surface area contributed by atoms with E-state index in [1.54, 1.807) is 0 Å². The van der Waals surface area contributed by atoms with Crippen LogP contribution in [-0.2, 0) is 9.53 Å². The Balaban J connectivity index is 1.88. The monoisotopic (exact) mass is 258 g/mol. The molecule has 92 valence electrons. The van der Waals surface area contributed by atoms with Crippen molar-refractivity contribution in [1.82, 2.24) is 0 Å². The minimum Gasteiger partial charge on any atom is -0.486 e. The zero-order chi connectivity index (χ0) is 12.3. The first-order valence-electron chi connectivity index (χ1n) is 5.35. The average molecular weight is 259 g/mol. The Hall–Kier alpha value is -1.13. The molecule has 1 aromatic rings. The summed E-state index contributed by atoms with van der Waals surface area (Å²) in [5.41, 5.74) is 0. The Kier molecular flexibility index (Phi) is 3.97. The summed E-state index contributed by atoms with van der Waals surface area (Å²) in [4.78, 5) is 11.6. The molecule has 1 saturated heterocycles. The molecule has 0 spiro atoms. The third-order valence-electron chi connectivity index (χ3n) is 2.66. The van der Waals surface area contributed by atoms with Gasteiger partial charge in [-0.25, -0.2) is 4.39 Å². The van der Waals surface area contributed by atoms with Gasteiger partial charge in [-0.2, -0.15) is 0 Å². The number of Topliss-reactive ketones (excluding diaryl/α,β-unsaturated/α-hetero) is 1. The van der Waals surface area contributed by atoms with Crippen LogP contribution in [0.4, 0.5) is 4.39 Å². The Labute approximate surface area is 103 Å². The second kappa shape index (κ2) is 5.47. The van der Waals surface area contributed by atoms with Crippen LogP contribution >= 0.6 is 11.6 Å². The van der Waals surface area contributed by atoms with Crippen molar-refractivity contribution < 1.29 is 18.7 Å². The number of carbonyl (C=O) groups excluding carboxylic acids is 1. The molecule has 17 heavy (non-hydrogen) atoms. The molecule has 2 rings (SSSR count). The number of halogens is 2. The molecule has 0 saturated carbocycles. The van der Waals surface area contributed by atoms with Gasteiger partial charge < -0.3 is 9.47 Å². The number of rotatable bonds is 4. The predicted octanol–water partition coefficient (Wildman–Crippen LogP) is 2.46. The summed E-state index contributed by atoms with van der Waals surface area (Å²) in [7, 11) is 0. The minimum atomic E-state index is -0.555. The van der Waals surface area contributed by atoms with E-state index >= 15 is 0 Å². The summed E-state index contributed by atoms with van der Waals surface area (Å²) in [5, 5.41) is 0.0351. The summed E-state index contributed by atoms with van der Waals surface area (Å²) < 4.78 is 23.4. The van der Waals surface area contributed by atoms with E-state index in [0.717, 1.165) is 6.42 Å². The molecule has 1 unspecified atom stereocenters. The predicted molar refractivity (Wildman–Crippen MR) is 60.8 cm³/mol. The zero-order valence-corrected chi connectivity index (χ0v) is 9.87. The Morgan fingerprint density at radius 2 is 2.41 bits per heavy atom. The van der Waals surface area contributed by atoms with Crippen molar-refractivity contribution in [3.05, 3.63) is 29.0 Å². The third kappa shape index (κ3) is 3.17. The number of hydrogen-bond donors (Lipinski definition) is 0. The molecule has 1 heterocycles. The van der Waals surface area contributed by atoms with Gasteiger partial charge in [0.05, 0.1) is 11.6 Å². The van der Waals surface area contributed by atoms with Crippen LogP contribution in [0.2, 0.25) is 5.02 Å². The fourth-order valence-electron chi connectivity index (χ4n) is 1.63. The summed E-state index contributed by atoms with van der Waals surface area (Å²) >= 11 is 5.53. The molecule has 1 fully saturated rings. The van der Waals surface area contributed by atoms with Gasteiger partial charge in [0.2, 0.25) is 0 Å². The van der Waals surface area contributed by atoms with Gasteiger partial charge in [0.15, 0.2) is 5.78 Å². The lowest BCUT2D eigenvalue weighted by atomic mass is 10.0. The van der Waals surface area contributed by atoms with Crippen LogP contribution in [0.15, 0.2) is 18.2 Å². The topological polar surface area (TPSA) is 35.5 Å². The van der Waals surface area contributed by atoms with Gasteiger partial charge in [0.25, 0.3) is 0 Å². The highest BCUT2D eigenvalue weighted by atomic mass is 35.5. The van der Waals surface area contributed by atoms with E-state index < -0.39 is 5.82 Å². The van der Waals surface area contributed by atoms with E-state index in [9.17, 15) is 9.18 Å². The van der Waals surface area contributed by atoms with Crippen LogP contribution in [-0.4, -0.2) is 25.6 Å². The van der Waals surface area contributed by atoms with Crippen molar-refractivity contribution in [2.75, 3.05) is 19.8 Å². The molecule has 1 aliphatic heterocycles. The second-order valence-corrected chi connectivity index (χ2v) is 4.30. The van der Waals surface area contributed by atoms with Crippen molar-refractivity contribution in [3.63, 3.8) is 0 Å². The molecule has 0 aliphatic carbocycles. The van der Waals surface area contributed by atoms with E-state index in [2.05, 4.69) is 0 Å². The van der Waals surface area contributed by atoms with Crippen molar-refractivity contribution in [3.8, 4) is 5.75 Å². The Morgan fingerprint density at radius 1 is 1.59 bits per heavy atom. The maximum absolute atomic E-state index is 13.1. The zero-order valence-electron chi connectivity index (χ0n) is 9.12. The number of ketones is 1. The smallest absolute Gasteiger partial charge is 0.175 e. The van der Waals surface area contributed by atoms with Gasteiger partial charge in [0.1, 0.15) is 18.2 Å². The first kappa shape index (κ1) is 12.3. The normalized spacial score (nSPS) is 19.3. The number of ether oxygens (including phenoxy) is 2. The van der Waals surface area contributed by atoms with Gasteiger partial charge in [0, 0.05) is 18.6 Å². The third-order valence-corrected chi connectivity index (χ3v) is 2.96. The van der Waals surface area contributed by atoms with Crippen molar-refractivity contribution in [1.29, 1.82) is 0 Å². The van der Waals surface area contributed by atoms with E-state index in [1.807, 2.05) is 0 Å². The number of benzene rings is 1. The van der Waals surface area contributed by atoms with Gasteiger partial charge in [-0.1, -0.05) is 11.6 Å². The van der Waals surface area contributed by atoms with E-state index in [4.69, 9.17) is 21.1 Å². The molecule has 3 nitrogen and oxygen atoms in total. The van der Waals surface area contributed by atoms with Crippen LogP contribution in [0.25, 0.3) is 0 Å². The molecule has 0 radical (unpaired) electrons. The van der Waals surface area contributed by atoms with Gasteiger partial charge in [-0.05, 0) is 18.6 Å². The Bertz CT molecular complexity index is 416. The van der Waals surface area contributed by atoms with Crippen LogP contribution in [0, 0.1) is 11.7 Å². The maximum atomic E-state index is 13.1. The summed E-state index contributed by atoms with van der Waals surface area (Å²) in [6.45, 7) is 1.01.